The number of nitrogens with one attached hydrogen (secondary N) is 1. The minimum absolute atomic E-state index is 0.00782. The van der Waals surface area contributed by atoms with E-state index < -0.39 is 0 Å². The van der Waals surface area contributed by atoms with E-state index in [0.717, 1.165) is 4.44 Å². The molecule has 66 valence electrons. The van der Waals surface area contributed by atoms with Crippen molar-refractivity contribution in [2.24, 2.45) is 0 Å². The molecular formula is C8H11NO2Se. The summed E-state index contributed by atoms with van der Waals surface area (Å²) in [6.45, 7) is 0.686. The number of hydrogen-bond acceptors (Lipinski definition) is 2. The number of aliphatic hydroxyl groups excluding tert-OH is 1. The van der Waals surface area contributed by atoms with Crippen LogP contribution in [-0.4, -0.2) is 38.7 Å². The molecule has 0 aliphatic rings. The summed E-state index contributed by atoms with van der Waals surface area (Å²) in [6.07, 6.45) is 0.624. The Labute approximate surface area is 77.2 Å². The molecule has 1 rings (SSSR count). The summed E-state index contributed by atoms with van der Waals surface area (Å²) < 4.78 is 0.862. The van der Waals surface area contributed by atoms with E-state index >= 15 is 0 Å². The van der Waals surface area contributed by atoms with Crippen LogP contribution in [0.2, 0.25) is 0 Å². The first kappa shape index (κ1) is 9.52. The van der Waals surface area contributed by atoms with E-state index in [1.807, 2.05) is 17.1 Å². The van der Waals surface area contributed by atoms with Crippen molar-refractivity contribution in [2.75, 3.05) is 13.2 Å². The molecule has 1 heterocycles. The van der Waals surface area contributed by atoms with Crippen LogP contribution in [0.3, 0.4) is 0 Å². The summed E-state index contributed by atoms with van der Waals surface area (Å²) in [5.41, 5.74) is 0. The zero-order valence-electron chi connectivity index (χ0n) is 6.62. The molecule has 0 aromatic carbocycles. The number of carbonyl (C=O) groups excluding carboxylic acids is 1. The molecule has 0 aliphatic heterocycles. The van der Waals surface area contributed by atoms with Gasteiger partial charge in [-0.3, -0.25) is 0 Å². The van der Waals surface area contributed by atoms with Crippen LogP contribution >= 0.6 is 0 Å². The normalized spacial score (nSPS) is 9.75. The molecule has 0 saturated carbocycles. The number of hydrogen-bond donors (Lipinski definition) is 2. The first-order chi connectivity index (χ1) is 5.84. The first-order valence-corrected chi connectivity index (χ1v) is 5.61. The van der Waals surface area contributed by atoms with Crippen molar-refractivity contribution in [1.82, 2.24) is 5.32 Å². The van der Waals surface area contributed by atoms with Crippen LogP contribution in [-0.2, 0) is 0 Å². The minimum atomic E-state index is 0.00782. The summed E-state index contributed by atoms with van der Waals surface area (Å²) in [7, 11) is 0. The predicted octanol–water partition coefficient (Wildman–Crippen LogP) is -0.144. The van der Waals surface area contributed by atoms with Crippen LogP contribution in [0.15, 0.2) is 17.1 Å². The van der Waals surface area contributed by atoms with Gasteiger partial charge in [0.25, 0.3) is 0 Å². The van der Waals surface area contributed by atoms with Crippen LogP contribution in [0.25, 0.3) is 0 Å². The second-order valence-electron chi connectivity index (χ2n) is 2.31. The molecule has 1 amide bonds. The topological polar surface area (TPSA) is 49.3 Å². The van der Waals surface area contributed by atoms with Crippen LogP contribution < -0.4 is 5.32 Å². The number of amides is 1. The van der Waals surface area contributed by atoms with Gasteiger partial charge in [-0.05, 0) is 0 Å². The van der Waals surface area contributed by atoms with Gasteiger partial charge in [0.1, 0.15) is 0 Å². The zero-order chi connectivity index (χ0) is 8.81. The van der Waals surface area contributed by atoms with Gasteiger partial charge in [-0.15, -0.1) is 0 Å². The number of aliphatic hydroxyl groups is 1. The zero-order valence-corrected chi connectivity index (χ0v) is 8.33. The van der Waals surface area contributed by atoms with Gasteiger partial charge in [0.2, 0.25) is 0 Å². The molecule has 4 heteroatoms. The van der Waals surface area contributed by atoms with Gasteiger partial charge in [0.15, 0.2) is 0 Å². The molecule has 0 aliphatic carbocycles. The SMILES string of the molecule is O=C(NCCCO)c1ccc[se]1. The van der Waals surface area contributed by atoms with Crippen molar-refractivity contribution in [1.29, 1.82) is 0 Å². The van der Waals surface area contributed by atoms with E-state index in [-0.39, 0.29) is 27.0 Å². The molecule has 3 nitrogen and oxygen atoms in total. The molecule has 0 spiro atoms. The molecule has 0 radical (unpaired) electrons. The van der Waals surface area contributed by atoms with E-state index in [1.165, 1.54) is 0 Å². The molecule has 0 unspecified atom stereocenters. The molecule has 0 saturated heterocycles. The summed E-state index contributed by atoms with van der Waals surface area (Å²) in [5.74, 6) is 0.00782. The molecular weight excluding hydrogens is 221 g/mol. The predicted molar refractivity (Wildman–Crippen MR) is 47.4 cm³/mol. The third-order valence-electron chi connectivity index (χ3n) is 1.37. The van der Waals surface area contributed by atoms with Crippen molar-refractivity contribution in [3.05, 3.63) is 21.5 Å². The Morgan fingerprint density at radius 1 is 1.67 bits per heavy atom. The number of carbonyl (C=O) groups is 1. The third kappa shape index (κ3) is 2.81. The maximum atomic E-state index is 11.2. The van der Waals surface area contributed by atoms with Gasteiger partial charge in [0, 0.05) is 0 Å². The monoisotopic (exact) mass is 233 g/mol. The van der Waals surface area contributed by atoms with Crippen LogP contribution in [0.5, 0.6) is 0 Å². The van der Waals surface area contributed by atoms with E-state index in [2.05, 4.69) is 5.32 Å². The maximum absolute atomic E-state index is 11.2. The van der Waals surface area contributed by atoms with Gasteiger partial charge >= 0.3 is 76.7 Å². The summed E-state index contributed by atoms with van der Waals surface area (Å²) in [4.78, 5) is 13.2. The molecule has 0 bridgehead atoms. The molecule has 1 aromatic heterocycles. The van der Waals surface area contributed by atoms with Crippen molar-refractivity contribution < 1.29 is 9.90 Å². The van der Waals surface area contributed by atoms with Crippen molar-refractivity contribution in [2.45, 2.75) is 6.42 Å². The summed E-state index contributed by atoms with van der Waals surface area (Å²) in [6, 6.07) is 3.75. The van der Waals surface area contributed by atoms with Crippen LogP contribution in [0.4, 0.5) is 0 Å². The molecule has 1 aromatic rings. The fraction of sp³-hybridized carbons (Fsp3) is 0.375. The molecule has 2 N–H and O–H groups in total. The van der Waals surface area contributed by atoms with Crippen molar-refractivity contribution in [3.63, 3.8) is 0 Å². The standard InChI is InChI=1S/C8H11NO2Se/c10-5-2-4-9-8(11)7-3-1-6-12-7/h1,3,6,10H,2,4-5H2,(H,9,11). The van der Waals surface area contributed by atoms with Gasteiger partial charge < -0.3 is 0 Å². The van der Waals surface area contributed by atoms with Crippen molar-refractivity contribution >= 4 is 20.4 Å². The Bertz CT molecular complexity index is 233. The molecule has 0 atom stereocenters. The Morgan fingerprint density at radius 2 is 2.50 bits per heavy atom. The van der Waals surface area contributed by atoms with Crippen LogP contribution in [0, 0.1) is 0 Å². The summed E-state index contributed by atoms with van der Waals surface area (Å²) in [5, 5.41) is 11.2. The van der Waals surface area contributed by atoms with Crippen molar-refractivity contribution in [3.8, 4) is 0 Å². The molecule has 0 fully saturated rings. The van der Waals surface area contributed by atoms with Gasteiger partial charge in [-0.1, -0.05) is 0 Å². The second kappa shape index (κ2) is 5.14. The van der Waals surface area contributed by atoms with Gasteiger partial charge in [0.05, 0.1) is 0 Å². The second-order valence-corrected chi connectivity index (χ2v) is 4.30. The number of rotatable bonds is 4. The molecule has 12 heavy (non-hydrogen) atoms. The van der Waals surface area contributed by atoms with E-state index in [9.17, 15) is 4.79 Å². The fourth-order valence-corrected chi connectivity index (χ4v) is 2.12. The Kier molecular flexibility index (Phi) is 4.08. The van der Waals surface area contributed by atoms with Gasteiger partial charge in [-0.2, -0.15) is 0 Å². The average Bonchev–Trinajstić information content (AvgIpc) is 2.56. The van der Waals surface area contributed by atoms with Gasteiger partial charge in [-0.25, -0.2) is 0 Å². The summed E-state index contributed by atoms with van der Waals surface area (Å²) >= 11 is 0.212. The quantitative estimate of drug-likeness (QED) is 0.560. The van der Waals surface area contributed by atoms with E-state index in [1.54, 1.807) is 0 Å². The van der Waals surface area contributed by atoms with E-state index in [4.69, 9.17) is 5.11 Å². The third-order valence-corrected chi connectivity index (χ3v) is 3.19. The Hall–Kier alpha value is -0.571. The Balaban J connectivity index is 2.30. The fourth-order valence-electron chi connectivity index (χ4n) is 0.776. The first-order valence-electron chi connectivity index (χ1n) is 3.77. The Morgan fingerprint density at radius 3 is 3.08 bits per heavy atom. The average molecular weight is 232 g/mol. The van der Waals surface area contributed by atoms with E-state index in [0.29, 0.717) is 13.0 Å². The van der Waals surface area contributed by atoms with Crippen LogP contribution in [0.1, 0.15) is 15.7 Å².